The molecule has 0 aromatic heterocycles. The summed E-state index contributed by atoms with van der Waals surface area (Å²) in [6.07, 6.45) is 0. The number of rotatable bonds is 3. The molecular formula is C14H11BrF3N. The van der Waals surface area contributed by atoms with E-state index in [0.717, 1.165) is 0 Å². The van der Waals surface area contributed by atoms with Crippen LogP contribution >= 0.6 is 15.9 Å². The van der Waals surface area contributed by atoms with Crippen molar-refractivity contribution in [3.8, 4) is 0 Å². The highest BCUT2D eigenvalue weighted by atomic mass is 79.9. The summed E-state index contributed by atoms with van der Waals surface area (Å²) in [7, 11) is 1.59. The summed E-state index contributed by atoms with van der Waals surface area (Å²) in [5.41, 5.74) is 0.489. The summed E-state index contributed by atoms with van der Waals surface area (Å²) in [4.78, 5) is 0. The van der Waals surface area contributed by atoms with E-state index in [1.165, 1.54) is 36.4 Å². The fraction of sp³-hybridized carbons (Fsp3) is 0.143. The summed E-state index contributed by atoms with van der Waals surface area (Å²) in [6, 6.07) is 7.33. The third-order valence-electron chi connectivity index (χ3n) is 2.86. The molecule has 5 heteroatoms. The van der Waals surface area contributed by atoms with Crippen molar-refractivity contribution in [1.29, 1.82) is 0 Å². The van der Waals surface area contributed by atoms with Gasteiger partial charge >= 0.3 is 0 Å². The van der Waals surface area contributed by atoms with Gasteiger partial charge in [0.25, 0.3) is 0 Å². The van der Waals surface area contributed by atoms with Gasteiger partial charge in [-0.1, -0.05) is 12.1 Å². The normalized spacial score (nSPS) is 12.5. The van der Waals surface area contributed by atoms with E-state index in [9.17, 15) is 13.2 Å². The number of benzene rings is 2. The second kappa shape index (κ2) is 5.75. The molecule has 0 aliphatic rings. The predicted molar refractivity (Wildman–Crippen MR) is 71.4 cm³/mol. The Labute approximate surface area is 117 Å². The second-order valence-electron chi connectivity index (χ2n) is 4.03. The lowest BCUT2D eigenvalue weighted by Gasteiger charge is -2.19. The zero-order valence-corrected chi connectivity index (χ0v) is 11.6. The predicted octanol–water partition coefficient (Wildman–Crippen LogP) is 4.18. The largest absolute Gasteiger partial charge is 0.309 e. The highest BCUT2D eigenvalue weighted by molar-refractivity contribution is 9.10. The van der Waals surface area contributed by atoms with E-state index in [0.29, 0.717) is 5.56 Å². The molecule has 0 amide bonds. The molecule has 0 fully saturated rings. The van der Waals surface area contributed by atoms with Gasteiger partial charge in [-0.3, -0.25) is 0 Å². The van der Waals surface area contributed by atoms with E-state index >= 15 is 0 Å². The van der Waals surface area contributed by atoms with E-state index < -0.39 is 23.5 Å². The number of halogens is 4. The molecule has 0 aliphatic heterocycles. The van der Waals surface area contributed by atoms with Gasteiger partial charge in [-0.15, -0.1) is 0 Å². The molecule has 0 spiro atoms. The topological polar surface area (TPSA) is 12.0 Å². The number of hydrogen-bond acceptors (Lipinski definition) is 1. The molecule has 0 aliphatic carbocycles. The van der Waals surface area contributed by atoms with E-state index in [1.807, 2.05) is 0 Å². The van der Waals surface area contributed by atoms with Gasteiger partial charge in [0.05, 0.1) is 10.5 Å². The summed E-state index contributed by atoms with van der Waals surface area (Å²) < 4.78 is 41.0. The third-order valence-corrected chi connectivity index (χ3v) is 3.47. The molecule has 0 radical (unpaired) electrons. The number of nitrogens with one attached hydrogen (secondary N) is 1. The lowest BCUT2D eigenvalue weighted by Crippen LogP contribution is -2.20. The highest BCUT2D eigenvalue weighted by Gasteiger charge is 2.22. The van der Waals surface area contributed by atoms with Crippen molar-refractivity contribution >= 4 is 15.9 Å². The Morgan fingerprint density at radius 2 is 1.63 bits per heavy atom. The maximum absolute atomic E-state index is 14.1. The van der Waals surface area contributed by atoms with Gasteiger partial charge in [-0.05, 0) is 52.8 Å². The van der Waals surface area contributed by atoms with Crippen LogP contribution in [0.4, 0.5) is 13.2 Å². The van der Waals surface area contributed by atoms with Crippen LogP contribution in [-0.2, 0) is 0 Å². The van der Waals surface area contributed by atoms with Crippen molar-refractivity contribution in [3.63, 3.8) is 0 Å². The molecule has 0 heterocycles. The molecule has 2 aromatic carbocycles. The maximum atomic E-state index is 14.1. The molecule has 2 aromatic rings. The van der Waals surface area contributed by atoms with E-state index in [2.05, 4.69) is 21.2 Å². The second-order valence-corrected chi connectivity index (χ2v) is 4.88. The lowest BCUT2D eigenvalue weighted by atomic mass is 9.98. The van der Waals surface area contributed by atoms with Gasteiger partial charge in [0.15, 0.2) is 0 Å². The summed E-state index contributed by atoms with van der Waals surface area (Å²) in [5, 5.41) is 2.84. The van der Waals surface area contributed by atoms with Gasteiger partial charge < -0.3 is 5.32 Å². The highest BCUT2D eigenvalue weighted by Crippen LogP contribution is 2.30. The fourth-order valence-electron chi connectivity index (χ4n) is 1.94. The Kier molecular flexibility index (Phi) is 4.27. The van der Waals surface area contributed by atoms with Crippen molar-refractivity contribution in [2.24, 2.45) is 0 Å². The molecule has 1 unspecified atom stereocenters. The Balaban J connectivity index is 2.54. The summed E-state index contributed by atoms with van der Waals surface area (Å²) in [5.74, 6) is -1.71. The molecule has 19 heavy (non-hydrogen) atoms. The number of hydrogen-bond donors (Lipinski definition) is 1. The average molecular weight is 330 g/mol. The molecule has 2 rings (SSSR count). The minimum Gasteiger partial charge on any atom is -0.309 e. The van der Waals surface area contributed by atoms with E-state index in [4.69, 9.17) is 0 Å². The molecule has 0 saturated heterocycles. The SMILES string of the molecule is CNC(c1ccc(F)cc1)c1c(F)ccc(Br)c1F. The van der Waals surface area contributed by atoms with Crippen molar-refractivity contribution in [2.45, 2.75) is 6.04 Å². The Morgan fingerprint density at radius 3 is 2.21 bits per heavy atom. The zero-order chi connectivity index (χ0) is 14.0. The molecule has 100 valence electrons. The average Bonchev–Trinajstić information content (AvgIpc) is 2.40. The minimum atomic E-state index is -0.682. The maximum Gasteiger partial charge on any atom is 0.145 e. The van der Waals surface area contributed by atoms with Crippen molar-refractivity contribution < 1.29 is 13.2 Å². The lowest BCUT2D eigenvalue weighted by molar-refractivity contribution is 0.518. The first-order chi connectivity index (χ1) is 9.04. The standard InChI is InChI=1S/C14H11BrF3N/c1-19-14(8-2-4-9(16)5-3-8)12-11(17)7-6-10(15)13(12)18/h2-7,14,19H,1H3. The van der Waals surface area contributed by atoms with Gasteiger partial charge in [-0.2, -0.15) is 0 Å². The van der Waals surface area contributed by atoms with Crippen LogP contribution in [0.2, 0.25) is 0 Å². The zero-order valence-electron chi connectivity index (χ0n) is 10.1. The van der Waals surface area contributed by atoms with Gasteiger partial charge in [-0.25, -0.2) is 13.2 Å². The molecular weight excluding hydrogens is 319 g/mol. The summed E-state index contributed by atoms with van der Waals surface area (Å²) >= 11 is 3.03. The molecule has 1 nitrogen and oxygen atoms in total. The quantitative estimate of drug-likeness (QED) is 0.833. The van der Waals surface area contributed by atoms with Crippen molar-refractivity contribution in [2.75, 3.05) is 7.05 Å². The molecule has 1 N–H and O–H groups in total. The monoisotopic (exact) mass is 329 g/mol. The van der Waals surface area contributed by atoms with Crippen molar-refractivity contribution in [1.82, 2.24) is 5.32 Å². The molecule has 0 bridgehead atoms. The van der Waals surface area contributed by atoms with Crippen LogP contribution in [0.15, 0.2) is 40.9 Å². The van der Waals surface area contributed by atoms with Crippen LogP contribution in [0.5, 0.6) is 0 Å². The minimum absolute atomic E-state index is 0.0940. The van der Waals surface area contributed by atoms with Crippen LogP contribution in [0, 0.1) is 17.5 Å². The van der Waals surface area contributed by atoms with Crippen LogP contribution in [-0.4, -0.2) is 7.05 Å². The Hall–Kier alpha value is -1.33. The van der Waals surface area contributed by atoms with Gasteiger partial charge in [0.2, 0.25) is 0 Å². The van der Waals surface area contributed by atoms with Crippen molar-refractivity contribution in [3.05, 3.63) is 69.4 Å². The Morgan fingerprint density at radius 1 is 1.00 bits per heavy atom. The molecule has 1 atom stereocenters. The fourth-order valence-corrected chi connectivity index (χ4v) is 2.29. The van der Waals surface area contributed by atoms with E-state index in [-0.39, 0.29) is 10.0 Å². The smallest absolute Gasteiger partial charge is 0.145 e. The first-order valence-corrected chi connectivity index (χ1v) is 6.40. The molecule has 0 saturated carbocycles. The Bertz CT molecular complexity index is 584. The van der Waals surface area contributed by atoms with Crippen LogP contribution < -0.4 is 5.32 Å². The third kappa shape index (κ3) is 2.82. The van der Waals surface area contributed by atoms with Gasteiger partial charge in [0.1, 0.15) is 17.5 Å². The summed E-state index contributed by atoms with van der Waals surface area (Å²) in [6.45, 7) is 0. The van der Waals surface area contributed by atoms with Crippen LogP contribution in [0.1, 0.15) is 17.2 Å². The van der Waals surface area contributed by atoms with Crippen LogP contribution in [0.25, 0.3) is 0 Å². The van der Waals surface area contributed by atoms with Crippen LogP contribution in [0.3, 0.4) is 0 Å². The van der Waals surface area contributed by atoms with E-state index in [1.54, 1.807) is 7.05 Å². The first kappa shape index (κ1) is 14.1. The van der Waals surface area contributed by atoms with Gasteiger partial charge in [0, 0.05) is 5.56 Å². The first-order valence-electron chi connectivity index (χ1n) is 5.60.